The van der Waals surface area contributed by atoms with Gasteiger partial charge in [0.15, 0.2) is 0 Å². The fraction of sp³-hybridized carbons (Fsp3) is 0.296. The maximum Gasteiger partial charge on any atom is 0.264 e. The van der Waals surface area contributed by atoms with Gasteiger partial charge in [0.2, 0.25) is 5.91 Å². The molecular formula is C27H33N3O3S. The molecule has 0 bridgehead atoms. The van der Waals surface area contributed by atoms with Gasteiger partial charge in [-0.05, 0) is 59.4 Å². The van der Waals surface area contributed by atoms with Crippen LogP contribution in [-0.2, 0) is 14.8 Å². The van der Waals surface area contributed by atoms with Crippen LogP contribution in [0.5, 0.6) is 0 Å². The molecule has 7 heteroatoms. The van der Waals surface area contributed by atoms with Gasteiger partial charge in [-0.1, -0.05) is 64.1 Å². The number of anilines is 3. The zero-order valence-corrected chi connectivity index (χ0v) is 21.0. The third-order valence-corrected chi connectivity index (χ3v) is 7.53. The molecule has 3 N–H and O–H groups in total. The molecule has 3 rings (SSSR count). The number of hydrogen-bond donors (Lipinski definition) is 2. The summed E-state index contributed by atoms with van der Waals surface area (Å²) in [6.45, 7) is 8.36. The smallest absolute Gasteiger partial charge is 0.264 e. The number of hydrogen-bond acceptors (Lipinski definition) is 4. The average molecular weight is 480 g/mol. The van der Waals surface area contributed by atoms with Crippen LogP contribution in [0.25, 0.3) is 0 Å². The van der Waals surface area contributed by atoms with E-state index in [-0.39, 0.29) is 35.6 Å². The summed E-state index contributed by atoms with van der Waals surface area (Å²) < 4.78 is 28.2. The van der Waals surface area contributed by atoms with Crippen molar-refractivity contribution in [2.45, 2.75) is 50.8 Å². The molecule has 0 atom stereocenters. The first kappa shape index (κ1) is 25.3. The molecule has 6 nitrogen and oxygen atoms in total. The van der Waals surface area contributed by atoms with Crippen molar-refractivity contribution in [2.24, 2.45) is 0 Å². The van der Waals surface area contributed by atoms with Gasteiger partial charge in [0.25, 0.3) is 10.0 Å². The van der Waals surface area contributed by atoms with Gasteiger partial charge in [0, 0.05) is 24.3 Å². The summed E-state index contributed by atoms with van der Waals surface area (Å²) in [5, 5.41) is 3.07. The first-order chi connectivity index (χ1) is 16.1. The number of rotatable bonds is 9. The minimum absolute atomic E-state index is 0.00339. The van der Waals surface area contributed by atoms with Crippen molar-refractivity contribution in [1.29, 1.82) is 0 Å². The molecular weight excluding hydrogens is 446 g/mol. The maximum absolute atomic E-state index is 13.5. The highest BCUT2D eigenvalue weighted by molar-refractivity contribution is 7.92. The topological polar surface area (TPSA) is 92.5 Å². The third-order valence-electron chi connectivity index (χ3n) is 5.69. The fourth-order valence-corrected chi connectivity index (χ4v) is 5.32. The van der Waals surface area contributed by atoms with Crippen LogP contribution in [0.1, 0.15) is 57.1 Å². The number of nitrogen functional groups attached to an aromatic ring is 1. The Morgan fingerprint density at radius 1 is 0.853 bits per heavy atom. The van der Waals surface area contributed by atoms with Gasteiger partial charge in [-0.25, -0.2) is 8.42 Å². The van der Waals surface area contributed by atoms with Crippen LogP contribution in [0.4, 0.5) is 17.1 Å². The van der Waals surface area contributed by atoms with Crippen molar-refractivity contribution < 1.29 is 13.2 Å². The molecule has 34 heavy (non-hydrogen) atoms. The fourth-order valence-electron chi connectivity index (χ4n) is 3.85. The molecule has 1 amide bonds. The molecule has 0 unspecified atom stereocenters. The van der Waals surface area contributed by atoms with Crippen molar-refractivity contribution in [1.82, 2.24) is 0 Å². The Morgan fingerprint density at radius 2 is 1.41 bits per heavy atom. The molecule has 0 heterocycles. The Labute approximate surface area is 202 Å². The highest BCUT2D eigenvalue weighted by Crippen LogP contribution is 2.32. The largest absolute Gasteiger partial charge is 0.399 e. The van der Waals surface area contributed by atoms with Crippen LogP contribution in [-0.4, -0.2) is 20.9 Å². The summed E-state index contributed by atoms with van der Waals surface area (Å²) in [4.78, 5) is 13.2. The first-order valence-electron chi connectivity index (χ1n) is 11.5. The number of carbonyl (C=O) groups is 1. The molecule has 180 valence electrons. The molecule has 3 aromatic rings. The van der Waals surface area contributed by atoms with E-state index in [0.29, 0.717) is 11.4 Å². The minimum Gasteiger partial charge on any atom is -0.399 e. The minimum atomic E-state index is -3.88. The van der Waals surface area contributed by atoms with Gasteiger partial charge in [0.1, 0.15) is 0 Å². The Bertz CT molecular complexity index is 1200. The summed E-state index contributed by atoms with van der Waals surface area (Å²) in [5.41, 5.74) is 9.66. The van der Waals surface area contributed by atoms with Gasteiger partial charge < -0.3 is 11.1 Å². The summed E-state index contributed by atoms with van der Waals surface area (Å²) in [7, 11) is -3.88. The van der Waals surface area contributed by atoms with Crippen molar-refractivity contribution >= 4 is 33.0 Å². The number of sulfonamides is 1. The lowest BCUT2D eigenvalue weighted by atomic mass is 9.92. The van der Waals surface area contributed by atoms with Crippen molar-refractivity contribution in [3.8, 4) is 0 Å². The Hall–Kier alpha value is -3.32. The van der Waals surface area contributed by atoms with E-state index in [1.54, 1.807) is 36.4 Å². The van der Waals surface area contributed by atoms with E-state index < -0.39 is 10.0 Å². The second-order valence-corrected chi connectivity index (χ2v) is 10.8. The monoisotopic (exact) mass is 479 g/mol. The van der Waals surface area contributed by atoms with Gasteiger partial charge in [0.05, 0.1) is 10.6 Å². The molecule has 3 aromatic carbocycles. The van der Waals surface area contributed by atoms with Crippen LogP contribution in [0.2, 0.25) is 0 Å². The molecule has 0 saturated heterocycles. The molecule has 0 aliphatic rings. The lowest BCUT2D eigenvalue weighted by molar-refractivity contribution is -0.116. The van der Waals surface area contributed by atoms with Crippen molar-refractivity contribution in [3.63, 3.8) is 0 Å². The number of nitrogens with two attached hydrogens (primary N) is 1. The van der Waals surface area contributed by atoms with Gasteiger partial charge >= 0.3 is 0 Å². The van der Waals surface area contributed by atoms with E-state index >= 15 is 0 Å². The number of amides is 1. The second-order valence-electron chi connectivity index (χ2n) is 8.90. The lowest BCUT2D eigenvalue weighted by Gasteiger charge is -2.25. The molecule has 0 spiro atoms. The van der Waals surface area contributed by atoms with Gasteiger partial charge in [-0.15, -0.1) is 0 Å². The Kier molecular flexibility index (Phi) is 7.99. The number of nitrogens with one attached hydrogen (secondary N) is 1. The average Bonchev–Trinajstić information content (AvgIpc) is 2.80. The lowest BCUT2D eigenvalue weighted by Crippen LogP contribution is -2.34. The number of nitrogens with zero attached hydrogens (tertiary/aromatic N) is 1. The maximum atomic E-state index is 13.5. The standard InChI is InChI=1S/C27H33N3O3S/c1-19(2)24-11-8-12-25(20(3)4)27(24)29-26(31)17-18-30(22-9-6-5-7-10-22)34(32,33)23-15-13-21(28)14-16-23/h5-16,19-20H,17-18,28H2,1-4H3,(H,29,31). The molecule has 0 aromatic heterocycles. The zero-order valence-electron chi connectivity index (χ0n) is 20.2. The van der Waals surface area contributed by atoms with Gasteiger partial charge in [-0.3, -0.25) is 9.10 Å². The van der Waals surface area contributed by atoms with E-state index in [1.807, 2.05) is 24.3 Å². The predicted molar refractivity (Wildman–Crippen MR) is 140 cm³/mol. The Balaban J connectivity index is 1.87. The summed E-state index contributed by atoms with van der Waals surface area (Å²) in [5.74, 6) is 0.241. The summed E-state index contributed by atoms with van der Waals surface area (Å²) in [6, 6.07) is 20.9. The first-order valence-corrected chi connectivity index (χ1v) is 12.9. The van der Waals surface area contributed by atoms with E-state index in [1.165, 1.54) is 16.4 Å². The highest BCUT2D eigenvalue weighted by atomic mass is 32.2. The van der Waals surface area contributed by atoms with E-state index in [0.717, 1.165) is 16.8 Å². The predicted octanol–water partition coefficient (Wildman–Crippen LogP) is 5.74. The second kappa shape index (κ2) is 10.7. The SMILES string of the molecule is CC(C)c1cccc(C(C)C)c1NC(=O)CCN(c1ccccc1)S(=O)(=O)c1ccc(N)cc1. The zero-order chi connectivity index (χ0) is 24.9. The number of benzene rings is 3. The number of para-hydroxylation sites is 2. The van der Waals surface area contributed by atoms with Crippen LogP contribution in [0.3, 0.4) is 0 Å². The van der Waals surface area contributed by atoms with E-state index in [4.69, 9.17) is 5.73 Å². The van der Waals surface area contributed by atoms with Crippen molar-refractivity contribution in [3.05, 3.63) is 83.9 Å². The summed E-state index contributed by atoms with van der Waals surface area (Å²) in [6.07, 6.45) is 0.00701. The quantitative estimate of drug-likeness (QED) is 0.383. The molecule has 0 aliphatic heterocycles. The molecule has 0 aliphatic carbocycles. The number of carbonyl (C=O) groups excluding carboxylic acids is 1. The van der Waals surface area contributed by atoms with Crippen LogP contribution in [0.15, 0.2) is 77.7 Å². The molecule has 0 radical (unpaired) electrons. The van der Waals surface area contributed by atoms with Crippen LogP contribution < -0.4 is 15.4 Å². The molecule has 0 saturated carbocycles. The third kappa shape index (κ3) is 5.78. The van der Waals surface area contributed by atoms with Crippen LogP contribution >= 0.6 is 0 Å². The van der Waals surface area contributed by atoms with Crippen molar-refractivity contribution in [2.75, 3.05) is 21.9 Å². The Morgan fingerprint density at radius 3 is 1.94 bits per heavy atom. The van der Waals surface area contributed by atoms with Crippen LogP contribution in [0, 0.1) is 0 Å². The van der Waals surface area contributed by atoms with E-state index in [2.05, 4.69) is 33.0 Å². The molecule has 0 fully saturated rings. The summed E-state index contributed by atoms with van der Waals surface area (Å²) >= 11 is 0. The van der Waals surface area contributed by atoms with E-state index in [9.17, 15) is 13.2 Å². The highest BCUT2D eigenvalue weighted by Gasteiger charge is 2.26. The van der Waals surface area contributed by atoms with Gasteiger partial charge in [-0.2, -0.15) is 0 Å². The normalized spacial score (nSPS) is 11.6.